The van der Waals surface area contributed by atoms with Crippen molar-refractivity contribution in [3.8, 4) is 0 Å². The Bertz CT molecular complexity index is 839. The summed E-state index contributed by atoms with van der Waals surface area (Å²) in [5, 5.41) is 8.33. The first-order chi connectivity index (χ1) is 10.0. The SMILES string of the molecule is CC(=O)c1cc(F)cc(Nc2ccc3cnn(C)c3c2)c1. The minimum absolute atomic E-state index is 0.167. The topological polar surface area (TPSA) is 46.9 Å². The molecule has 3 aromatic rings. The van der Waals surface area contributed by atoms with Crippen LogP contribution in [0.25, 0.3) is 10.9 Å². The van der Waals surface area contributed by atoms with Gasteiger partial charge in [0, 0.05) is 29.4 Å². The lowest BCUT2D eigenvalue weighted by Crippen LogP contribution is -1.97. The van der Waals surface area contributed by atoms with Gasteiger partial charge in [0.25, 0.3) is 0 Å². The van der Waals surface area contributed by atoms with Gasteiger partial charge in [-0.25, -0.2) is 4.39 Å². The van der Waals surface area contributed by atoms with Gasteiger partial charge in [-0.15, -0.1) is 0 Å². The highest BCUT2D eigenvalue weighted by molar-refractivity contribution is 5.95. The zero-order valence-corrected chi connectivity index (χ0v) is 11.7. The van der Waals surface area contributed by atoms with Crippen molar-refractivity contribution in [3.05, 3.63) is 54.0 Å². The number of carbonyl (C=O) groups excluding carboxylic acids is 1. The third kappa shape index (κ3) is 2.63. The van der Waals surface area contributed by atoms with Crippen LogP contribution in [0.5, 0.6) is 0 Å². The molecule has 0 amide bonds. The van der Waals surface area contributed by atoms with Crippen LogP contribution in [0.2, 0.25) is 0 Å². The predicted octanol–water partition coefficient (Wildman–Crippen LogP) is 3.66. The molecule has 106 valence electrons. The molecule has 0 atom stereocenters. The molecule has 0 aliphatic heterocycles. The average Bonchev–Trinajstić information content (AvgIpc) is 2.79. The van der Waals surface area contributed by atoms with E-state index in [1.807, 2.05) is 25.2 Å². The number of benzene rings is 2. The van der Waals surface area contributed by atoms with E-state index in [1.54, 1.807) is 16.9 Å². The normalized spacial score (nSPS) is 10.8. The summed E-state index contributed by atoms with van der Waals surface area (Å²) in [6.45, 7) is 1.42. The highest BCUT2D eigenvalue weighted by Crippen LogP contribution is 2.23. The lowest BCUT2D eigenvalue weighted by molar-refractivity contribution is 0.101. The van der Waals surface area contributed by atoms with Crippen LogP contribution >= 0.6 is 0 Å². The number of carbonyl (C=O) groups is 1. The number of anilines is 2. The zero-order valence-electron chi connectivity index (χ0n) is 11.7. The molecular formula is C16H14FN3O. The van der Waals surface area contributed by atoms with Crippen LogP contribution in [0.15, 0.2) is 42.6 Å². The summed E-state index contributed by atoms with van der Waals surface area (Å²) in [4.78, 5) is 11.4. The van der Waals surface area contributed by atoms with Gasteiger partial charge in [-0.1, -0.05) is 0 Å². The molecule has 0 aliphatic rings. The lowest BCUT2D eigenvalue weighted by atomic mass is 10.1. The number of fused-ring (bicyclic) bond motifs is 1. The van der Waals surface area contributed by atoms with Crippen molar-refractivity contribution in [1.29, 1.82) is 0 Å². The molecule has 0 radical (unpaired) electrons. The molecule has 0 unspecified atom stereocenters. The monoisotopic (exact) mass is 283 g/mol. The van der Waals surface area contributed by atoms with Crippen molar-refractivity contribution in [2.75, 3.05) is 5.32 Å². The molecular weight excluding hydrogens is 269 g/mol. The van der Waals surface area contributed by atoms with Crippen molar-refractivity contribution < 1.29 is 9.18 Å². The van der Waals surface area contributed by atoms with Gasteiger partial charge in [-0.05, 0) is 43.3 Å². The second kappa shape index (κ2) is 5.01. The van der Waals surface area contributed by atoms with Crippen LogP contribution in [0.1, 0.15) is 17.3 Å². The van der Waals surface area contributed by atoms with E-state index in [0.717, 1.165) is 16.6 Å². The number of aromatic nitrogens is 2. The van der Waals surface area contributed by atoms with Crippen molar-refractivity contribution >= 4 is 28.1 Å². The molecule has 0 saturated heterocycles. The molecule has 3 rings (SSSR count). The van der Waals surface area contributed by atoms with E-state index in [-0.39, 0.29) is 5.78 Å². The van der Waals surface area contributed by atoms with Gasteiger partial charge in [-0.3, -0.25) is 9.48 Å². The Labute approximate surface area is 121 Å². The molecule has 21 heavy (non-hydrogen) atoms. The highest BCUT2D eigenvalue weighted by Gasteiger charge is 2.06. The molecule has 1 N–H and O–H groups in total. The van der Waals surface area contributed by atoms with Gasteiger partial charge in [0.05, 0.1) is 11.7 Å². The molecule has 4 nitrogen and oxygen atoms in total. The molecule has 2 aromatic carbocycles. The number of ketones is 1. The van der Waals surface area contributed by atoms with Gasteiger partial charge in [0.1, 0.15) is 5.82 Å². The quantitative estimate of drug-likeness (QED) is 0.746. The van der Waals surface area contributed by atoms with Crippen molar-refractivity contribution in [3.63, 3.8) is 0 Å². The number of nitrogens with zero attached hydrogens (tertiary/aromatic N) is 2. The maximum atomic E-state index is 13.6. The fraction of sp³-hybridized carbons (Fsp3) is 0.125. The summed E-state index contributed by atoms with van der Waals surface area (Å²) in [6.07, 6.45) is 1.79. The van der Waals surface area contributed by atoms with Crippen molar-refractivity contribution in [1.82, 2.24) is 9.78 Å². The van der Waals surface area contributed by atoms with Crippen LogP contribution < -0.4 is 5.32 Å². The second-order valence-corrected chi connectivity index (χ2v) is 4.95. The number of hydrogen-bond donors (Lipinski definition) is 1. The summed E-state index contributed by atoms with van der Waals surface area (Å²) in [7, 11) is 1.86. The number of aryl methyl sites for hydroxylation is 1. The first-order valence-corrected chi connectivity index (χ1v) is 6.53. The third-order valence-electron chi connectivity index (χ3n) is 3.34. The maximum Gasteiger partial charge on any atom is 0.159 e. The predicted molar refractivity (Wildman–Crippen MR) is 80.4 cm³/mol. The molecule has 0 bridgehead atoms. The van der Waals surface area contributed by atoms with Gasteiger partial charge in [-0.2, -0.15) is 5.10 Å². The average molecular weight is 283 g/mol. The van der Waals surface area contributed by atoms with Crippen LogP contribution in [0, 0.1) is 5.82 Å². The fourth-order valence-electron chi connectivity index (χ4n) is 2.25. The second-order valence-electron chi connectivity index (χ2n) is 4.95. The Morgan fingerprint density at radius 3 is 2.76 bits per heavy atom. The molecule has 0 aliphatic carbocycles. The maximum absolute atomic E-state index is 13.6. The number of hydrogen-bond acceptors (Lipinski definition) is 3. The van der Waals surface area contributed by atoms with Crippen LogP contribution in [0.3, 0.4) is 0 Å². The van der Waals surface area contributed by atoms with E-state index >= 15 is 0 Å². The van der Waals surface area contributed by atoms with E-state index in [2.05, 4.69) is 10.4 Å². The Morgan fingerprint density at radius 1 is 1.19 bits per heavy atom. The third-order valence-corrected chi connectivity index (χ3v) is 3.34. The highest BCUT2D eigenvalue weighted by atomic mass is 19.1. The van der Waals surface area contributed by atoms with E-state index < -0.39 is 5.82 Å². The van der Waals surface area contributed by atoms with Crippen LogP contribution in [-0.4, -0.2) is 15.6 Å². The van der Waals surface area contributed by atoms with Crippen LogP contribution in [-0.2, 0) is 7.05 Å². The lowest BCUT2D eigenvalue weighted by Gasteiger charge is -2.08. The molecule has 0 spiro atoms. The van der Waals surface area contributed by atoms with Crippen molar-refractivity contribution in [2.45, 2.75) is 6.92 Å². The molecule has 0 fully saturated rings. The van der Waals surface area contributed by atoms with Gasteiger partial charge in [0.15, 0.2) is 5.78 Å². The summed E-state index contributed by atoms with van der Waals surface area (Å²) >= 11 is 0. The van der Waals surface area contributed by atoms with E-state index in [9.17, 15) is 9.18 Å². The number of halogens is 1. The minimum Gasteiger partial charge on any atom is -0.355 e. The molecule has 1 aromatic heterocycles. The van der Waals surface area contributed by atoms with Gasteiger partial charge in [0.2, 0.25) is 0 Å². The Morgan fingerprint density at radius 2 is 2.00 bits per heavy atom. The summed E-state index contributed by atoms with van der Waals surface area (Å²) in [5.74, 6) is -0.605. The summed E-state index contributed by atoms with van der Waals surface area (Å²) < 4.78 is 15.3. The number of Topliss-reactive ketones (excluding diaryl/α,β-unsaturated/α-hetero) is 1. The van der Waals surface area contributed by atoms with Crippen molar-refractivity contribution in [2.24, 2.45) is 7.05 Å². The molecule has 0 saturated carbocycles. The smallest absolute Gasteiger partial charge is 0.159 e. The van der Waals surface area contributed by atoms with E-state index in [4.69, 9.17) is 0 Å². The van der Waals surface area contributed by atoms with Crippen LogP contribution in [0.4, 0.5) is 15.8 Å². The number of rotatable bonds is 3. The van der Waals surface area contributed by atoms with E-state index in [0.29, 0.717) is 11.3 Å². The van der Waals surface area contributed by atoms with Gasteiger partial charge < -0.3 is 5.32 Å². The first kappa shape index (κ1) is 13.3. The summed E-state index contributed by atoms with van der Waals surface area (Å²) in [6, 6.07) is 10.00. The largest absolute Gasteiger partial charge is 0.355 e. The molecule has 5 heteroatoms. The fourth-order valence-corrected chi connectivity index (χ4v) is 2.25. The van der Waals surface area contributed by atoms with Gasteiger partial charge >= 0.3 is 0 Å². The minimum atomic E-state index is -0.438. The Hall–Kier alpha value is -2.69. The number of nitrogens with one attached hydrogen (secondary N) is 1. The first-order valence-electron chi connectivity index (χ1n) is 6.53. The Balaban J connectivity index is 1.97. The van der Waals surface area contributed by atoms with E-state index in [1.165, 1.54) is 19.1 Å². The standard InChI is InChI=1S/C16H14FN3O/c1-10(21)12-5-13(17)7-15(6-12)19-14-4-3-11-9-18-20(2)16(11)8-14/h3-9,19H,1-2H3. The molecule has 1 heterocycles. The zero-order chi connectivity index (χ0) is 15.0. The summed E-state index contributed by atoms with van der Waals surface area (Å²) in [5.41, 5.74) is 2.68. The Kier molecular flexibility index (Phi) is 3.17.